The molecule has 2 unspecified atom stereocenters. The van der Waals surface area contributed by atoms with Crippen molar-refractivity contribution < 1.29 is 9.18 Å². The van der Waals surface area contributed by atoms with Crippen molar-refractivity contribution in [2.24, 2.45) is 0 Å². The minimum absolute atomic E-state index is 0. The van der Waals surface area contributed by atoms with Gasteiger partial charge in [-0.3, -0.25) is 4.79 Å². The zero-order valence-electron chi connectivity index (χ0n) is 14.0. The Hall–Kier alpha value is -0.530. The molecule has 138 valence electrons. The molecule has 1 aromatic rings. The molecule has 1 amide bonds. The lowest BCUT2D eigenvalue weighted by atomic mass is 10.1. The Morgan fingerprint density at radius 3 is 2.58 bits per heavy atom. The van der Waals surface area contributed by atoms with E-state index in [4.69, 9.17) is 0 Å². The zero-order valence-corrected chi connectivity index (χ0v) is 16.4. The van der Waals surface area contributed by atoms with Crippen LogP contribution >= 0.6 is 36.6 Å². The predicted molar refractivity (Wildman–Crippen MR) is 104 cm³/mol. The molecule has 1 aliphatic rings. The number of thioether (sulfide) groups is 1. The number of likely N-dealkylation sites (N-methyl/N-ethyl adjacent to an activating group) is 1. The second-order valence-corrected chi connectivity index (χ2v) is 6.91. The summed E-state index contributed by atoms with van der Waals surface area (Å²) < 4.78 is 13.0. The summed E-state index contributed by atoms with van der Waals surface area (Å²) in [6, 6.07) is 6.76. The Bertz CT molecular complexity index is 485. The van der Waals surface area contributed by atoms with E-state index >= 15 is 0 Å². The van der Waals surface area contributed by atoms with E-state index in [-0.39, 0.29) is 48.6 Å². The molecule has 24 heavy (non-hydrogen) atoms. The van der Waals surface area contributed by atoms with Crippen molar-refractivity contribution in [3.05, 3.63) is 35.6 Å². The SMILES string of the molecule is CN(C)C(CNC(=O)CC1CSCCN1)c1ccc(F)cc1.Cl.Cl. The fourth-order valence-electron chi connectivity index (χ4n) is 2.54. The van der Waals surface area contributed by atoms with Gasteiger partial charge in [0.2, 0.25) is 5.91 Å². The van der Waals surface area contributed by atoms with Gasteiger partial charge < -0.3 is 15.5 Å². The zero-order chi connectivity index (χ0) is 15.9. The molecule has 1 saturated heterocycles. The average Bonchev–Trinajstić information content (AvgIpc) is 2.50. The van der Waals surface area contributed by atoms with Gasteiger partial charge in [-0.2, -0.15) is 11.8 Å². The van der Waals surface area contributed by atoms with Crippen molar-refractivity contribution in [3.8, 4) is 0 Å². The minimum Gasteiger partial charge on any atom is -0.354 e. The summed E-state index contributed by atoms with van der Waals surface area (Å²) in [6.07, 6.45) is 0.510. The number of nitrogens with zero attached hydrogens (tertiary/aromatic N) is 1. The number of rotatable bonds is 6. The maximum atomic E-state index is 13.0. The van der Waals surface area contributed by atoms with E-state index < -0.39 is 0 Å². The first-order valence-electron chi connectivity index (χ1n) is 7.56. The number of carbonyl (C=O) groups is 1. The van der Waals surface area contributed by atoms with Crippen molar-refractivity contribution in [2.75, 3.05) is 38.7 Å². The van der Waals surface area contributed by atoms with Gasteiger partial charge >= 0.3 is 0 Å². The highest BCUT2D eigenvalue weighted by Gasteiger charge is 2.19. The smallest absolute Gasteiger partial charge is 0.221 e. The lowest BCUT2D eigenvalue weighted by molar-refractivity contribution is -0.121. The van der Waals surface area contributed by atoms with Crippen molar-refractivity contribution in [3.63, 3.8) is 0 Å². The lowest BCUT2D eigenvalue weighted by Gasteiger charge is -2.26. The van der Waals surface area contributed by atoms with Crippen LogP contribution in [-0.2, 0) is 4.79 Å². The molecular weight excluding hydrogens is 372 g/mol. The molecule has 4 nitrogen and oxygen atoms in total. The number of hydrogen-bond donors (Lipinski definition) is 2. The number of halogens is 3. The van der Waals surface area contributed by atoms with Gasteiger partial charge in [-0.25, -0.2) is 4.39 Å². The summed E-state index contributed by atoms with van der Waals surface area (Å²) in [7, 11) is 3.92. The van der Waals surface area contributed by atoms with Crippen LogP contribution in [0.15, 0.2) is 24.3 Å². The van der Waals surface area contributed by atoms with Crippen LogP contribution in [-0.4, -0.2) is 55.5 Å². The molecule has 2 rings (SSSR count). The predicted octanol–water partition coefficient (Wildman–Crippen LogP) is 2.48. The molecule has 8 heteroatoms. The third-order valence-electron chi connectivity index (χ3n) is 3.80. The van der Waals surface area contributed by atoms with Crippen LogP contribution < -0.4 is 10.6 Å². The van der Waals surface area contributed by atoms with Gasteiger partial charge in [-0.15, -0.1) is 24.8 Å². The number of benzene rings is 1. The van der Waals surface area contributed by atoms with Crippen LogP contribution in [0.1, 0.15) is 18.0 Å². The Morgan fingerprint density at radius 2 is 2.04 bits per heavy atom. The minimum atomic E-state index is -0.244. The molecule has 1 fully saturated rings. The summed E-state index contributed by atoms with van der Waals surface area (Å²) in [5.74, 6) is 1.92. The van der Waals surface area contributed by atoms with E-state index in [1.54, 1.807) is 12.1 Å². The number of hydrogen-bond acceptors (Lipinski definition) is 4. The highest BCUT2D eigenvalue weighted by Crippen LogP contribution is 2.18. The Balaban J connectivity index is 0.00000264. The summed E-state index contributed by atoms with van der Waals surface area (Å²) in [4.78, 5) is 14.1. The monoisotopic (exact) mass is 397 g/mol. The van der Waals surface area contributed by atoms with Crippen molar-refractivity contribution >= 4 is 42.5 Å². The Morgan fingerprint density at radius 1 is 1.38 bits per heavy atom. The van der Waals surface area contributed by atoms with E-state index in [0.29, 0.717) is 13.0 Å². The van der Waals surface area contributed by atoms with Crippen LogP contribution in [0.3, 0.4) is 0 Å². The van der Waals surface area contributed by atoms with Gasteiger partial charge in [0, 0.05) is 37.1 Å². The highest BCUT2D eigenvalue weighted by atomic mass is 35.5. The lowest BCUT2D eigenvalue weighted by Crippen LogP contribution is -2.42. The third kappa shape index (κ3) is 7.57. The molecule has 1 heterocycles. The van der Waals surface area contributed by atoms with E-state index in [1.165, 1.54) is 12.1 Å². The van der Waals surface area contributed by atoms with E-state index in [0.717, 1.165) is 23.6 Å². The normalized spacial score (nSPS) is 18.2. The molecular formula is C16H26Cl2FN3OS. The third-order valence-corrected chi connectivity index (χ3v) is 4.93. The molecule has 0 bridgehead atoms. The van der Waals surface area contributed by atoms with Crippen LogP contribution in [0.5, 0.6) is 0 Å². The molecule has 0 aromatic heterocycles. The largest absolute Gasteiger partial charge is 0.354 e. The summed E-state index contributed by atoms with van der Waals surface area (Å²) in [5.41, 5.74) is 0.998. The van der Waals surface area contributed by atoms with Gasteiger partial charge in [-0.1, -0.05) is 12.1 Å². The first kappa shape index (κ1) is 23.5. The standard InChI is InChI=1S/C16H24FN3OS.2ClH/c1-20(2)15(12-3-5-13(17)6-4-12)10-19-16(21)9-14-11-22-8-7-18-14;;/h3-6,14-15,18H,7-11H2,1-2H3,(H,19,21);2*1H. The first-order valence-corrected chi connectivity index (χ1v) is 8.71. The second-order valence-electron chi connectivity index (χ2n) is 5.77. The van der Waals surface area contributed by atoms with Gasteiger partial charge in [0.15, 0.2) is 0 Å². The molecule has 0 saturated carbocycles. The van der Waals surface area contributed by atoms with Gasteiger partial charge in [-0.05, 0) is 31.8 Å². The van der Waals surface area contributed by atoms with Crippen LogP contribution in [0.25, 0.3) is 0 Å². The van der Waals surface area contributed by atoms with Crippen LogP contribution in [0, 0.1) is 5.82 Å². The average molecular weight is 398 g/mol. The molecule has 2 N–H and O–H groups in total. The highest BCUT2D eigenvalue weighted by molar-refractivity contribution is 7.99. The van der Waals surface area contributed by atoms with Crippen molar-refractivity contribution in [2.45, 2.75) is 18.5 Å². The first-order chi connectivity index (χ1) is 10.6. The fraction of sp³-hybridized carbons (Fsp3) is 0.562. The molecule has 0 aliphatic carbocycles. The molecule has 2 atom stereocenters. The molecule has 0 radical (unpaired) electrons. The Labute approximate surface area is 160 Å². The Kier molecular flexibility index (Phi) is 11.7. The summed E-state index contributed by atoms with van der Waals surface area (Å²) >= 11 is 1.89. The quantitative estimate of drug-likeness (QED) is 0.773. The topological polar surface area (TPSA) is 44.4 Å². The number of amides is 1. The maximum absolute atomic E-state index is 13.0. The van der Waals surface area contributed by atoms with Crippen molar-refractivity contribution in [1.29, 1.82) is 0 Å². The molecule has 0 spiro atoms. The van der Waals surface area contributed by atoms with Gasteiger partial charge in [0.25, 0.3) is 0 Å². The summed E-state index contributed by atoms with van der Waals surface area (Å²) in [5, 5.41) is 6.37. The van der Waals surface area contributed by atoms with Crippen LogP contribution in [0.2, 0.25) is 0 Å². The molecule has 1 aromatic carbocycles. The van der Waals surface area contributed by atoms with E-state index in [1.807, 2.05) is 30.8 Å². The van der Waals surface area contributed by atoms with Crippen molar-refractivity contribution in [1.82, 2.24) is 15.5 Å². The number of carbonyl (C=O) groups excluding carboxylic acids is 1. The fourth-order valence-corrected chi connectivity index (χ4v) is 3.49. The van der Waals surface area contributed by atoms with Gasteiger partial charge in [0.05, 0.1) is 6.04 Å². The van der Waals surface area contributed by atoms with Gasteiger partial charge in [0.1, 0.15) is 5.82 Å². The number of nitrogens with one attached hydrogen (secondary N) is 2. The summed E-state index contributed by atoms with van der Waals surface area (Å²) in [6.45, 7) is 1.50. The van der Waals surface area contributed by atoms with E-state index in [9.17, 15) is 9.18 Å². The second kappa shape index (κ2) is 11.9. The van der Waals surface area contributed by atoms with Crippen LogP contribution in [0.4, 0.5) is 4.39 Å². The van der Waals surface area contributed by atoms with E-state index in [2.05, 4.69) is 10.6 Å². The maximum Gasteiger partial charge on any atom is 0.221 e. The molecule has 1 aliphatic heterocycles.